The Morgan fingerprint density at radius 1 is 1.10 bits per heavy atom. The summed E-state index contributed by atoms with van der Waals surface area (Å²) in [5.74, 6) is -0.313. The number of rotatable bonds is 5. The van der Waals surface area contributed by atoms with Crippen molar-refractivity contribution in [3.8, 4) is 10.4 Å². The van der Waals surface area contributed by atoms with Crippen LogP contribution >= 0.6 is 22.7 Å². The number of amides is 2. The Morgan fingerprint density at radius 3 is 2.57 bits per heavy atom. The van der Waals surface area contributed by atoms with E-state index in [-0.39, 0.29) is 11.8 Å². The molecule has 0 aliphatic carbocycles. The van der Waals surface area contributed by atoms with Crippen LogP contribution in [0.2, 0.25) is 0 Å². The number of nitrogens with one attached hydrogen (secondary N) is 1. The van der Waals surface area contributed by atoms with Crippen LogP contribution in [0.4, 0.5) is 5.00 Å². The zero-order valence-corrected chi connectivity index (χ0v) is 18.2. The molecule has 2 aromatic heterocycles. The van der Waals surface area contributed by atoms with Crippen molar-refractivity contribution in [3.63, 3.8) is 0 Å². The summed E-state index contributed by atoms with van der Waals surface area (Å²) in [5.41, 5.74) is 2.49. The molecule has 1 saturated heterocycles. The first-order chi connectivity index (χ1) is 14.6. The molecule has 0 bridgehead atoms. The molecule has 1 fully saturated rings. The Kier molecular flexibility index (Phi) is 6.42. The highest BCUT2D eigenvalue weighted by molar-refractivity contribution is 7.20. The van der Waals surface area contributed by atoms with E-state index in [0.29, 0.717) is 36.9 Å². The Morgan fingerprint density at radius 2 is 1.87 bits per heavy atom. The Bertz CT molecular complexity index is 1050. The maximum Gasteiger partial charge on any atom is 0.257 e. The summed E-state index contributed by atoms with van der Waals surface area (Å²) in [6.45, 7) is 4.13. The highest BCUT2D eigenvalue weighted by atomic mass is 32.1. The van der Waals surface area contributed by atoms with Gasteiger partial charge in [0.25, 0.3) is 5.91 Å². The van der Waals surface area contributed by atoms with E-state index in [1.807, 2.05) is 54.8 Å². The van der Waals surface area contributed by atoms with Crippen LogP contribution in [-0.2, 0) is 9.53 Å². The van der Waals surface area contributed by atoms with Crippen molar-refractivity contribution in [2.45, 2.75) is 6.92 Å². The summed E-state index contributed by atoms with van der Waals surface area (Å²) in [4.78, 5) is 29.7. The molecule has 5 nitrogen and oxygen atoms in total. The molecule has 0 radical (unpaired) electrons. The highest BCUT2D eigenvalue weighted by Crippen LogP contribution is 2.40. The SMILES string of the molecule is Cc1c(-c2ccccc2)sc(NC(=O)/C=C/c2cccs2)c1C(=O)N1CCOCC1. The molecule has 1 aliphatic heterocycles. The molecule has 1 N–H and O–H groups in total. The molecule has 2 amide bonds. The quantitative estimate of drug-likeness (QED) is 0.576. The lowest BCUT2D eigenvalue weighted by atomic mass is 10.1. The Labute approximate surface area is 183 Å². The third kappa shape index (κ3) is 4.53. The van der Waals surface area contributed by atoms with Crippen LogP contribution in [0.15, 0.2) is 53.9 Å². The van der Waals surface area contributed by atoms with Gasteiger partial charge in [0.2, 0.25) is 5.91 Å². The lowest BCUT2D eigenvalue weighted by Crippen LogP contribution is -2.41. The van der Waals surface area contributed by atoms with Crippen LogP contribution in [-0.4, -0.2) is 43.0 Å². The van der Waals surface area contributed by atoms with Crippen LogP contribution in [0.1, 0.15) is 20.8 Å². The fourth-order valence-corrected chi connectivity index (χ4v) is 5.17. The fraction of sp³-hybridized carbons (Fsp3) is 0.217. The maximum absolute atomic E-state index is 13.3. The van der Waals surface area contributed by atoms with Gasteiger partial charge in [0, 0.05) is 28.9 Å². The van der Waals surface area contributed by atoms with E-state index >= 15 is 0 Å². The largest absolute Gasteiger partial charge is 0.378 e. The van der Waals surface area contributed by atoms with Crippen LogP contribution in [0.5, 0.6) is 0 Å². The molecule has 3 aromatic rings. The maximum atomic E-state index is 13.3. The second-order valence-corrected chi connectivity index (χ2v) is 8.87. The van der Waals surface area contributed by atoms with Crippen molar-refractivity contribution >= 4 is 45.6 Å². The fourth-order valence-electron chi connectivity index (χ4n) is 3.35. The third-order valence-electron chi connectivity index (χ3n) is 4.87. The van der Waals surface area contributed by atoms with Crippen LogP contribution in [0, 0.1) is 6.92 Å². The second-order valence-electron chi connectivity index (χ2n) is 6.87. The summed E-state index contributed by atoms with van der Waals surface area (Å²) >= 11 is 3.01. The first kappa shape index (κ1) is 20.5. The molecule has 7 heteroatoms. The van der Waals surface area contributed by atoms with Gasteiger partial charge >= 0.3 is 0 Å². The van der Waals surface area contributed by atoms with Gasteiger partial charge in [-0.1, -0.05) is 36.4 Å². The van der Waals surface area contributed by atoms with E-state index in [1.54, 1.807) is 22.3 Å². The van der Waals surface area contributed by atoms with Crippen LogP contribution in [0.25, 0.3) is 16.5 Å². The number of anilines is 1. The monoisotopic (exact) mass is 438 g/mol. The molecule has 0 unspecified atom stereocenters. The molecule has 1 aromatic carbocycles. The summed E-state index contributed by atoms with van der Waals surface area (Å²) in [5, 5.41) is 5.49. The van der Waals surface area contributed by atoms with E-state index in [1.165, 1.54) is 17.4 Å². The molecule has 0 atom stereocenters. The van der Waals surface area contributed by atoms with Crippen molar-refractivity contribution in [1.82, 2.24) is 4.90 Å². The second kappa shape index (κ2) is 9.38. The molecule has 154 valence electrons. The standard InChI is InChI=1S/C23H22N2O3S2/c1-16-20(23(27)25-11-13-28-14-12-25)22(30-21(16)17-6-3-2-4-7-17)24-19(26)10-9-18-8-5-15-29-18/h2-10,15H,11-14H2,1H3,(H,24,26)/b10-9+. The Balaban J connectivity index is 1.66. The number of nitrogens with zero attached hydrogens (tertiary/aromatic N) is 1. The zero-order chi connectivity index (χ0) is 20.9. The normalized spacial score (nSPS) is 14.2. The van der Waals surface area contributed by atoms with Crippen molar-refractivity contribution in [1.29, 1.82) is 0 Å². The van der Waals surface area contributed by atoms with E-state index < -0.39 is 0 Å². The summed E-state index contributed by atoms with van der Waals surface area (Å²) in [6.07, 6.45) is 3.29. The number of benzene rings is 1. The van der Waals surface area contributed by atoms with Gasteiger partial charge in [-0.15, -0.1) is 22.7 Å². The molecule has 3 heterocycles. The van der Waals surface area contributed by atoms with E-state index in [2.05, 4.69) is 5.32 Å². The number of hydrogen-bond donors (Lipinski definition) is 1. The number of hydrogen-bond acceptors (Lipinski definition) is 5. The molecule has 1 aliphatic rings. The minimum absolute atomic E-state index is 0.0632. The number of carbonyl (C=O) groups excluding carboxylic acids is 2. The van der Waals surface area contributed by atoms with Gasteiger partial charge in [-0.2, -0.15) is 0 Å². The van der Waals surface area contributed by atoms with Gasteiger partial charge in [-0.05, 0) is 35.6 Å². The summed E-state index contributed by atoms with van der Waals surface area (Å²) in [7, 11) is 0. The molecule has 0 saturated carbocycles. The average molecular weight is 439 g/mol. The molecular weight excluding hydrogens is 416 g/mol. The smallest absolute Gasteiger partial charge is 0.257 e. The molecule has 0 spiro atoms. The minimum Gasteiger partial charge on any atom is -0.378 e. The van der Waals surface area contributed by atoms with E-state index in [4.69, 9.17) is 4.74 Å². The van der Waals surface area contributed by atoms with Crippen molar-refractivity contribution in [2.24, 2.45) is 0 Å². The predicted octanol–water partition coefficient (Wildman–Crippen LogP) is 4.91. The van der Waals surface area contributed by atoms with Gasteiger partial charge in [0.1, 0.15) is 5.00 Å². The highest BCUT2D eigenvalue weighted by Gasteiger charge is 2.27. The van der Waals surface area contributed by atoms with Gasteiger partial charge in [-0.25, -0.2) is 0 Å². The van der Waals surface area contributed by atoms with Crippen LogP contribution < -0.4 is 5.32 Å². The Hall–Kier alpha value is -2.74. The number of carbonyl (C=O) groups is 2. The summed E-state index contributed by atoms with van der Waals surface area (Å²) in [6, 6.07) is 13.8. The number of morpholine rings is 1. The van der Waals surface area contributed by atoms with E-state index in [0.717, 1.165) is 20.9 Å². The number of thiophene rings is 2. The zero-order valence-electron chi connectivity index (χ0n) is 16.6. The lowest BCUT2D eigenvalue weighted by molar-refractivity contribution is -0.111. The van der Waals surface area contributed by atoms with Gasteiger partial charge in [0.15, 0.2) is 0 Å². The molecular formula is C23H22N2O3S2. The topological polar surface area (TPSA) is 58.6 Å². The first-order valence-corrected chi connectivity index (χ1v) is 11.4. The van der Waals surface area contributed by atoms with Gasteiger partial charge in [0.05, 0.1) is 18.8 Å². The van der Waals surface area contributed by atoms with E-state index in [9.17, 15) is 9.59 Å². The first-order valence-electron chi connectivity index (χ1n) is 9.72. The predicted molar refractivity (Wildman–Crippen MR) is 123 cm³/mol. The van der Waals surface area contributed by atoms with Crippen molar-refractivity contribution in [3.05, 3.63) is 69.9 Å². The molecule has 4 rings (SSSR count). The van der Waals surface area contributed by atoms with Gasteiger partial charge in [-0.3, -0.25) is 9.59 Å². The lowest BCUT2D eigenvalue weighted by Gasteiger charge is -2.27. The van der Waals surface area contributed by atoms with Crippen molar-refractivity contribution in [2.75, 3.05) is 31.6 Å². The minimum atomic E-state index is -0.250. The number of ether oxygens (including phenoxy) is 1. The third-order valence-corrected chi connectivity index (χ3v) is 6.97. The average Bonchev–Trinajstić information content (AvgIpc) is 3.41. The summed E-state index contributed by atoms with van der Waals surface area (Å²) < 4.78 is 5.38. The van der Waals surface area contributed by atoms with Crippen molar-refractivity contribution < 1.29 is 14.3 Å². The molecule has 30 heavy (non-hydrogen) atoms. The van der Waals surface area contributed by atoms with Gasteiger partial charge < -0.3 is 15.0 Å². The van der Waals surface area contributed by atoms with Crippen LogP contribution in [0.3, 0.4) is 0 Å².